The summed E-state index contributed by atoms with van der Waals surface area (Å²) in [5, 5.41) is 3.59. The zero-order chi connectivity index (χ0) is 19.3. The van der Waals surface area contributed by atoms with E-state index in [9.17, 15) is 9.59 Å². The van der Waals surface area contributed by atoms with Gasteiger partial charge in [0.25, 0.3) is 5.91 Å². The number of carbonyl (C=O) groups excluding carboxylic acids is 2. The molecule has 2 rings (SSSR count). The van der Waals surface area contributed by atoms with Crippen molar-refractivity contribution < 1.29 is 14.3 Å². The summed E-state index contributed by atoms with van der Waals surface area (Å²) in [7, 11) is 3.87. The predicted molar refractivity (Wildman–Crippen MR) is 105 cm³/mol. The first-order valence-corrected chi connectivity index (χ1v) is 8.73. The number of hydrogen-bond donors (Lipinski definition) is 1. The Balaban J connectivity index is 1.90. The topological polar surface area (TPSA) is 58.6 Å². The van der Waals surface area contributed by atoms with Crippen LogP contribution in [0.5, 0.6) is 0 Å². The number of ether oxygens (including phenoxy) is 1. The highest BCUT2D eigenvalue weighted by molar-refractivity contribution is 6.35. The van der Waals surface area contributed by atoms with E-state index in [0.717, 1.165) is 5.69 Å². The van der Waals surface area contributed by atoms with E-state index in [0.29, 0.717) is 21.3 Å². The van der Waals surface area contributed by atoms with Crippen molar-refractivity contribution in [2.45, 2.75) is 19.4 Å². The molecule has 0 aliphatic rings. The van der Waals surface area contributed by atoms with Gasteiger partial charge in [-0.15, -0.1) is 0 Å². The smallest absolute Gasteiger partial charge is 0.311 e. The van der Waals surface area contributed by atoms with Gasteiger partial charge in [0, 0.05) is 35.5 Å². The lowest BCUT2D eigenvalue weighted by molar-refractivity contribution is -0.152. The fourth-order valence-electron chi connectivity index (χ4n) is 2.20. The number of anilines is 2. The molecule has 0 aliphatic carbocycles. The first-order chi connectivity index (χ1) is 12.3. The lowest BCUT2D eigenvalue weighted by atomic mass is 10.1. The third-order valence-electron chi connectivity index (χ3n) is 3.68. The van der Waals surface area contributed by atoms with Gasteiger partial charge in [0.05, 0.1) is 6.42 Å². The van der Waals surface area contributed by atoms with Crippen LogP contribution in [0.15, 0.2) is 42.5 Å². The quantitative estimate of drug-likeness (QED) is 0.746. The molecule has 0 heterocycles. The van der Waals surface area contributed by atoms with Crippen LogP contribution in [0.4, 0.5) is 11.4 Å². The van der Waals surface area contributed by atoms with Gasteiger partial charge in [0.1, 0.15) is 0 Å². The maximum atomic E-state index is 12.2. The molecule has 0 radical (unpaired) electrons. The fraction of sp³-hybridized carbons (Fsp3) is 0.263. The number of nitrogens with zero attached hydrogens (tertiary/aromatic N) is 1. The monoisotopic (exact) mass is 394 g/mol. The normalized spacial score (nSPS) is 11.6. The van der Waals surface area contributed by atoms with Crippen molar-refractivity contribution in [3.05, 3.63) is 58.1 Å². The van der Waals surface area contributed by atoms with Gasteiger partial charge >= 0.3 is 5.97 Å². The van der Waals surface area contributed by atoms with Crippen molar-refractivity contribution in [3.8, 4) is 0 Å². The highest BCUT2D eigenvalue weighted by Crippen LogP contribution is 2.22. The van der Waals surface area contributed by atoms with Crippen molar-refractivity contribution in [1.82, 2.24) is 0 Å². The van der Waals surface area contributed by atoms with E-state index in [1.807, 2.05) is 31.1 Å². The summed E-state index contributed by atoms with van der Waals surface area (Å²) in [6.07, 6.45) is -0.965. The summed E-state index contributed by atoms with van der Waals surface area (Å²) in [5.41, 5.74) is 2.24. The molecule has 1 N–H and O–H groups in total. The lowest BCUT2D eigenvalue weighted by Crippen LogP contribution is -2.30. The van der Waals surface area contributed by atoms with E-state index in [1.165, 1.54) is 6.92 Å². The maximum Gasteiger partial charge on any atom is 0.311 e. The van der Waals surface area contributed by atoms with E-state index in [1.54, 1.807) is 30.3 Å². The molecule has 7 heteroatoms. The second-order valence-corrected chi connectivity index (χ2v) is 6.82. The summed E-state index contributed by atoms with van der Waals surface area (Å²) in [6.45, 7) is 1.52. The van der Waals surface area contributed by atoms with Gasteiger partial charge in [-0.1, -0.05) is 29.3 Å². The highest BCUT2D eigenvalue weighted by atomic mass is 35.5. The van der Waals surface area contributed by atoms with E-state index < -0.39 is 18.0 Å². The Morgan fingerprint density at radius 1 is 1.12 bits per heavy atom. The van der Waals surface area contributed by atoms with E-state index in [-0.39, 0.29) is 6.42 Å². The average molecular weight is 395 g/mol. The van der Waals surface area contributed by atoms with Gasteiger partial charge in [-0.25, -0.2) is 0 Å². The van der Waals surface area contributed by atoms with Crippen molar-refractivity contribution in [3.63, 3.8) is 0 Å². The highest BCUT2D eigenvalue weighted by Gasteiger charge is 2.19. The first kappa shape index (κ1) is 20.1. The molecule has 138 valence electrons. The fourth-order valence-corrected chi connectivity index (χ4v) is 2.68. The summed E-state index contributed by atoms with van der Waals surface area (Å²) >= 11 is 11.9. The molecule has 2 aromatic carbocycles. The molecular formula is C19H20Cl2N2O3. The van der Waals surface area contributed by atoms with Crippen LogP contribution >= 0.6 is 23.2 Å². The zero-order valence-electron chi connectivity index (χ0n) is 14.8. The number of rotatable bonds is 6. The van der Waals surface area contributed by atoms with Crippen LogP contribution in [0.2, 0.25) is 10.0 Å². The number of hydrogen-bond acceptors (Lipinski definition) is 4. The summed E-state index contributed by atoms with van der Waals surface area (Å²) in [5.74, 6) is -0.946. The van der Waals surface area contributed by atoms with Crippen LogP contribution in [0, 0.1) is 0 Å². The van der Waals surface area contributed by atoms with Crippen molar-refractivity contribution in [2.24, 2.45) is 0 Å². The Kier molecular flexibility index (Phi) is 6.89. The molecule has 1 atom stereocenters. The minimum atomic E-state index is -0.929. The summed E-state index contributed by atoms with van der Waals surface area (Å²) in [6, 6.07) is 12.2. The molecule has 0 saturated heterocycles. The van der Waals surface area contributed by atoms with Crippen molar-refractivity contribution >= 4 is 46.5 Å². The number of benzene rings is 2. The Bertz CT molecular complexity index is 792. The zero-order valence-corrected chi connectivity index (χ0v) is 16.3. The molecule has 1 amide bonds. The second-order valence-electron chi connectivity index (χ2n) is 5.98. The van der Waals surface area contributed by atoms with Crippen molar-refractivity contribution in [2.75, 3.05) is 24.3 Å². The second kappa shape index (κ2) is 8.92. The molecule has 0 aromatic heterocycles. The number of amides is 1. The number of halogens is 2. The van der Waals surface area contributed by atoms with E-state index in [4.69, 9.17) is 27.9 Å². The minimum Gasteiger partial charge on any atom is -0.452 e. The Labute approximate surface area is 162 Å². The average Bonchev–Trinajstić information content (AvgIpc) is 2.57. The summed E-state index contributed by atoms with van der Waals surface area (Å²) < 4.78 is 5.18. The van der Waals surface area contributed by atoms with Crippen LogP contribution in [0.25, 0.3) is 0 Å². The van der Waals surface area contributed by atoms with Gasteiger partial charge < -0.3 is 15.0 Å². The van der Waals surface area contributed by atoms with Crippen molar-refractivity contribution in [1.29, 1.82) is 0 Å². The van der Waals surface area contributed by atoms with Crippen LogP contribution in [-0.4, -0.2) is 32.1 Å². The Hall–Kier alpha value is -2.24. The van der Waals surface area contributed by atoms with E-state index in [2.05, 4.69) is 5.32 Å². The molecule has 0 spiro atoms. The van der Waals surface area contributed by atoms with Gasteiger partial charge in [-0.3, -0.25) is 9.59 Å². The van der Waals surface area contributed by atoms with Gasteiger partial charge in [-0.05, 0) is 48.9 Å². The van der Waals surface area contributed by atoms with Crippen LogP contribution < -0.4 is 10.2 Å². The van der Waals surface area contributed by atoms with Crippen LogP contribution in [0.3, 0.4) is 0 Å². The summed E-state index contributed by atoms with van der Waals surface area (Å²) in [4.78, 5) is 26.2. The SMILES string of the molecule is CC(OC(=O)Cc1ccc(Cl)cc1Cl)C(=O)Nc1ccc(N(C)C)cc1. The molecule has 2 aromatic rings. The third-order valence-corrected chi connectivity index (χ3v) is 4.27. The molecule has 0 saturated carbocycles. The largest absolute Gasteiger partial charge is 0.452 e. The molecule has 26 heavy (non-hydrogen) atoms. The van der Waals surface area contributed by atoms with E-state index >= 15 is 0 Å². The Morgan fingerprint density at radius 2 is 1.77 bits per heavy atom. The first-order valence-electron chi connectivity index (χ1n) is 7.98. The third kappa shape index (κ3) is 5.64. The molecule has 0 aliphatic heterocycles. The van der Waals surface area contributed by atoms with Crippen LogP contribution in [-0.2, 0) is 20.7 Å². The maximum absolute atomic E-state index is 12.2. The predicted octanol–water partition coefficient (Wildman–Crippen LogP) is 4.17. The number of nitrogens with one attached hydrogen (secondary N) is 1. The van der Waals surface area contributed by atoms with Crippen LogP contribution in [0.1, 0.15) is 12.5 Å². The molecule has 0 bridgehead atoms. The number of esters is 1. The van der Waals surface area contributed by atoms with Gasteiger partial charge in [0.15, 0.2) is 6.10 Å². The molecule has 1 unspecified atom stereocenters. The molecular weight excluding hydrogens is 375 g/mol. The standard InChI is InChI=1S/C19H20Cl2N2O3/c1-12(19(25)22-15-6-8-16(9-7-15)23(2)3)26-18(24)10-13-4-5-14(20)11-17(13)21/h4-9,11-12H,10H2,1-3H3,(H,22,25). The Morgan fingerprint density at radius 3 is 2.35 bits per heavy atom. The molecule has 5 nitrogen and oxygen atoms in total. The minimum absolute atomic E-state index is 0.0366. The molecule has 0 fully saturated rings. The van der Waals surface area contributed by atoms with Gasteiger partial charge in [0.2, 0.25) is 0 Å². The number of carbonyl (C=O) groups is 2. The lowest BCUT2D eigenvalue weighted by Gasteiger charge is -2.15. The van der Waals surface area contributed by atoms with Gasteiger partial charge in [-0.2, -0.15) is 0 Å².